The Kier molecular flexibility index (Phi) is 6.60. The first kappa shape index (κ1) is 18.8. The van der Waals surface area contributed by atoms with Crippen LogP contribution in [0.5, 0.6) is 0 Å². The molecule has 26 heavy (non-hydrogen) atoms. The quantitative estimate of drug-likeness (QED) is 0.748. The highest BCUT2D eigenvalue weighted by atomic mass is 16.4. The minimum atomic E-state index is -0.801. The maximum absolute atomic E-state index is 12.0. The van der Waals surface area contributed by atoms with Crippen LogP contribution in [-0.4, -0.2) is 102 Å². The third kappa shape index (κ3) is 5.03. The number of amides is 1. The number of carbonyl (C=O) groups is 2. The zero-order valence-electron chi connectivity index (χ0n) is 15.2. The highest BCUT2D eigenvalue weighted by molar-refractivity contribution is 5.74. The first-order valence-corrected chi connectivity index (χ1v) is 9.30. The Morgan fingerprint density at radius 2 is 1.54 bits per heavy atom. The minimum absolute atomic E-state index is 0.476. The molecule has 1 aromatic carbocycles. The maximum atomic E-state index is 12.0. The summed E-state index contributed by atoms with van der Waals surface area (Å²) in [5.74, 6) is -0.801. The lowest BCUT2D eigenvalue weighted by Gasteiger charge is -2.31. The molecule has 0 spiro atoms. The number of hydrogen-bond acceptors (Lipinski definition) is 5. The second-order valence-corrected chi connectivity index (χ2v) is 7.10. The zero-order chi connectivity index (χ0) is 18.4. The van der Waals surface area contributed by atoms with Gasteiger partial charge in [-0.25, -0.2) is 0 Å². The summed E-state index contributed by atoms with van der Waals surface area (Å²) in [6.45, 7) is 7.19. The molecule has 2 bridgehead atoms. The fourth-order valence-corrected chi connectivity index (χ4v) is 3.72. The molecule has 2 aliphatic rings. The Morgan fingerprint density at radius 1 is 0.962 bits per heavy atom. The standard InChI is InChI=1S/C19H28N4O3/c24-16-22-9-8-20-6-7-21(15-20)10-12-23(13-11-22)18(19(25)26)14-17-4-2-1-3-5-17/h1-5,16,18H,6-15H2,(H,25,26). The van der Waals surface area contributed by atoms with E-state index in [-0.39, 0.29) is 0 Å². The van der Waals surface area contributed by atoms with Crippen LogP contribution in [0.2, 0.25) is 0 Å². The van der Waals surface area contributed by atoms with Gasteiger partial charge in [0.2, 0.25) is 6.41 Å². The summed E-state index contributed by atoms with van der Waals surface area (Å²) >= 11 is 0. The molecule has 2 saturated heterocycles. The summed E-state index contributed by atoms with van der Waals surface area (Å²) in [6, 6.07) is 9.18. The molecule has 1 amide bonds. The average molecular weight is 360 g/mol. The smallest absolute Gasteiger partial charge is 0.321 e. The summed E-state index contributed by atoms with van der Waals surface area (Å²) in [5.41, 5.74) is 1.02. The van der Waals surface area contributed by atoms with E-state index in [0.717, 1.165) is 44.8 Å². The van der Waals surface area contributed by atoms with Gasteiger partial charge >= 0.3 is 5.97 Å². The van der Waals surface area contributed by atoms with Gasteiger partial charge in [0.25, 0.3) is 0 Å². The molecular weight excluding hydrogens is 332 g/mol. The Bertz CT molecular complexity index is 598. The molecule has 1 N–H and O–H groups in total. The number of rotatable bonds is 5. The molecule has 7 nitrogen and oxygen atoms in total. The number of carbonyl (C=O) groups excluding carboxylic acids is 1. The number of carboxylic acid groups (broad SMARTS) is 1. The van der Waals surface area contributed by atoms with Crippen molar-refractivity contribution in [3.8, 4) is 0 Å². The van der Waals surface area contributed by atoms with Crippen LogP contribution in [0.15, 0.2) is 30.3 Å². The molecule has 3 atom stereocenters. The van der Waals surface area contributed by atoms with Crippen LogP contribution in [0.3, 0.4) is 0 Å². The molecule has 2 fully saturated rings. The van der Waals surface area contributed by atoms with E-state index < -0.39 is 12.0 Å². The largest absolute Gasteiger partial charge is 0.480 e. The van der Waals surface area contributed by atoms with Crippen molar-refractivity contribution in [1.82, 2.24) is 19.6 Å². The highest BCUT2D eigenvalue weighted by Gasteiger charge is 2.28. The van der Waals surface area contributed by atoms with E-state index in [2.05, 4.69) is 9.80 Å². The van der Waals surface area contributed by atoms with Crippen molar-refractivity contribution < 1.29 is 14.7 Å². The van der Waals surface area contributed by atoms with Gasteiger partial charge in [0.1, 0.15) is 6.04 Å². The number of carboxylic acids is 1. The topological polar surface area (TPSA) is 67.3 Å². The van der Waals surface area contributed by atoms with Gasteiger partial charge in [-0.05, 0) is 12.0 Å². The van der Waals surface area contributed by atoms with Crippen LogP contribution >= 0.6 is 0 Å². The summed E-state index contributed by atoms with van der Waals surface area (Å²) in [7, 11) is 0. The van der Waals surface area contributed by atoms with Crippen molar-refractivity contribution in [1.29, 1.82) is 0 Å². The van der Waals surface area contributed by atoms with Crippen LogP contribution in [-0.2, 0) is 16.0 Å². The first-order valence-electron chi connectivity index (χ1n) is 9.30. The van der Waals surface area contributed by atoms with Crippen molar-refractivity contribution in [2.45, 2.75) is 12.5 Å². The van der Waals surface area contributed by atoms with E-state index >= 15 is 0 Å². The van der Waals surface area contributed by atoms with Gasteiger partial charge in [-0.2, -0.15) is 0 Å². The SMILES string of the molecule is O=CN1CCN2CCN(CCN(C(Cc3ccccc3)C(=O)O)CC1)C2. The number of hydrogen-bond donors (Lipinski definition) is 1. The van der Waals surface area contributed by atoms with Crippen LogP contribution < -0.4 is 0 Å². The molecule has 142 valence electrons. The summed E-state index contributed by atoms with van der Waals surface area (Å²) in [4.78, 5) is 31.9. The van der Waals surface area contributed by atoms with Crippen molar-refractivity contribution in [3.63, 3.8) is 0 Å². The van der Waals surface area contributed by atoms with Crippen molar-refractivity contribution in [2.75, 3.05) is 59.0 Å². The predicted molar refractivity (Wildman–Crippen MR) is 98.8 cm³/mol. The van der Waals surface area contributed by atoms with Crippen LogP contribution in [0.4, 0.5) is 0 Å². The number of aliphatic carboxylic acids is 1. The maximum Gasteiger partial charge on any atom is 0.321 e. The Labute approximate surface area is 154 Å². The van der Waals surface area contributed by atoms with Crippen LogP contribution in [0.25, 0.3) is 0 Å². The fourth-order valence-electron chi connectivity index (χ4n) is 3.72. The number of nitrogens with zero attached hydrogens (tertiary/aromatic N) is 4. The summed E-state index contributed by atoms with van der Waals surface area (Å²) < 4.78 is 0. The highest BCUT2D eigenvalue weighted by Crippen LogP contribution is 2.12. The van der Waals surface area contributed by atoms with E-state index in [1.165, 1.54) is 0 Å². The normalized spacial score (nSPS) is 26.1. The van der Waals surface area contributed by atoms with Gasteiger partial charge in [-0.3, -0.25) is 24.3 Å². The van der Waals surface area contributed by atoms with E-state index in [1.54, 1.807) is 4.90 Å². The van der Waals surface area contributed by atoms with Crippen LogP contribution in [0.1, 0.15) is 5.56 Å². The predicted octanol–water partition coefficient (Wildman–Crippen LogP) is 0.0314. The lowest BCUT2D eigenvalue weighted by atomic mass is 10.0. The molecule has 3 rings (SSSR count). The molecule has 7 heteroatoms. The van der Waals surface area contributed by atoms with Gasteiger partial charge in [-0.1, -0.05) is 30.3 Å². The third-order valence-corrected chi connectivity index (χ3v) is 5.36. The molecule has 0 radical (unpaired) electrons. The van der Waals surface area contributed by atoms with Crippen LogP contribution in [0, 0.1) is 0 Å². The lowest BCUT2D eigenvalue weighted by Crippen LogP contribution is -2.48. The van der Waals surface area contributed by atoms with Gasteiger partial charge in [-0.15, -0.1) is 0 Å². The van der Waals surface area contributed by atoms with Gasteiger partial charge in [0.05, 0.1) is 6.67 Å². The van der Waals surface area contributed by atoms with E-state index in [1.807, 2.05) is 35.2 Å². The molecule has 2 aliphatic heterocycles. The minimum Gasteiger partial charge on any atom is -0.480 e. The first-order chi connectivity index (χ1) is 12.7. The Hall–Kier alpha value is -1.96. The monoisotopic (exact) mass is 360 g/mol. The van der Waals surface area contributed by atoms with E-state index in [4.69, 9.17) is 0 Å². The molecular formula is C19H28N4O3. The van der Waals surface area contributed by atoms with E-state index in [0.29, 0.717) is 32.6 Å². The van der Waals surface area contributed by atoms with Gasteiger partial charge in [0.15, 0.2) is 0 Å². The Morgan fingerprint density at radius 3 is 2.19 bits per heavy atom. The van der Waals surface area contributed by atoms with Crippen molar-refractivity contribution >= 4 is 12.4 Å². The molecule has 3 unspecified atom stereocenters. The molecule has 1 aromatic rings. The van der Waals surface area contributed by atoms with Crippen molar-refractivity contribution in [3.05, 3.63) is 35.9 Å². The molecule has 2 heterocycles. The van der Waals surface area contributed by atoms with Crippen molar-refractivity contribution in [2.24, 2.45) is 0 Å². The molecule has 0 aromatic heterocycles. The summed E-state index contributed by atoms with van der Waals surface area (Å²) in [6.07, 6.45) is 1.36. The van der Waals surface area contributed by atoms with E-state index in [9.17, 15) is 14.7 Å². The zero-order valence-corrected chi connectivity index (χ0v) is 15.2. The van der Waals surface area contributed by atoms with Gasteiger partial charge in [0, 0.05) is 52.4 Å². The Balaban J connectivity index is 1.73. The number of benzene rings is 1. The average Bonchev–Trinajstić information content (AvgIpc) is 3.09. The molecule has 0 aliphatic carbocycles. The second-order valence-electron chi connectivity index (χ2n) is 7.10. The third-order valence-electron chi connectivity index (χ3n) is 5.36. The lowest BCUT2D eigenvalue weighted by molar-refractivity contribution is -0.143. The van der Waals surface area contributed by atoms with Gasteiger partial charge < -0.3 is 10.0 Å². The number of fused-ring (bicyclic) bond motifs is 2. The summed E-state index contributed by atoms with van der Waals surface area (Å²) in [5, 5.41) is 9.84. The second kappa shape index (κ2) is 9.12. The fraction of sp³-hybridized carbons (Fsp3) is 0.579. The molecule has 0 saturated carbocycles.